The van der Waals surface area contributed by atoms with Crippen LogP contribution in [0.1, 0.15) is 98.3 Å². The largest absolute Gasteiger partial charge is 0.462 e. The van der Waals surface area contributed by atoms with Crippen LogP contribution in [0.2, 0.25) is 0 Å². The molecule has 0 unspecified atom stereocenters. The summed E-state index contributed by atoms with van der Waals surface area (Å²) in [6.45, 7) is 10.2. The van der Waals surface area contributed by atoms with E-state index in [2.05, 4.69) is 5.32 Å². The first kappa shape index (κ1) is 32.3. The van der Waals surface area contributed by atoms with E-state index in [0.717, 1.165) is 30.5 Å². The van der Waals surface area contributed by atoms with Gasteiger partial charge in [0.15, 0.2) is 9.84 Å². The van der Waals surface area contributed by atoms with Gasteiger partial charge in [0.05, 0.1) is 28.0 Å². The molecule has 1 N–H and O–H groups in total. The van der Waals surface area contributed by atoms with Gasteiger partial charge in [-0.2, -0.15) is 5.10 Å². The first-order valence-corrected chi connectivity index (χ1v) is 17.3. The van der Waals surface area contributed by atoms with Crippen LogP contribution in [0.4, 0.5) is 0 Å². The van der Waals surface area contributed by atoms with Crippen molar-refractivity contribution in [3.8, 4) is 0 Å². The minimum Gasteiger partial charge on any atom is -0.462 e. The maximum atomic E-state index is 13.2. The van der Waals surface area contributed by atoms with Gasteiger partial charge in [0.2, 0.25) is 0 Å². The Morgan fingerprint density at radius 2 is 1.77 bits per heavy atom. The second kappa shape index (κ2) is 12.7. The summed E-state index contributed by atoms with van der Waals surface area (Å²) in [5, 5.41) is 7.46. The van der Waals surface area contributed by atoms with E-state index in [-0.39, 0.29) is 40.1 Å². The molecular formula is C33H45N3O7S. The lowest BCUT2D eigenvalue weighted by atomic mass is 9.74. The maximum absolute atomic E-state index is 13.2. The van der Waals surface area contributed by atoms with Crippen molar-refractivity contribution in [1.82, 2.24) is 15.1 Å². The van der Waals surface area contributed by atoms with Crippen LogP contribution in [0.3, 0.4) is 0 Å². The number of nitrogens with one attached hydrogen (secondary N) is 1. The highest BCUT2D eigenvalue weighted by Crippen LogP contribution is 2.39. The average molecular weight is 628 g/mol. The third-order valence-corrected chi connectivity index (χ3v) is 12.0. The number of aromatic nitrogens is 2. The Morgan fingerprint density at radius 3 is 2.39 bits per heavy atom. The molecule has 1 aromatic heterocycles. The van der Waals surface area contributed by atoms with Crippen molar-refractivity contribution in [1.29, 1.82) is 0 Å². The van der Waals surface area contributed by atoms with Crippen molar-refractivity contribution in [3.63, 3.8) is 0 Å². The Balaban J connectivity index is 1.24. The van der Waals surface area contributed by atoms with Gasteiger partial charge >= 0.3 is 5.97 Å². The molecule has 10 nitrogen and oxygen atoms in total. The fourth-order valence-electron chi connectivity index (χ4n) is 6.91. The first-order chi connectivity index (χ1) is 20.8. The zero-order chi connectivity index (χ0) is 31.7. The van der Waals surface area contributed by atoms with E-state index < -0.39 is 26.5 Å². The summed E-state index contributed by atoms with van der Waals surface area (Å²) in [5.74, 6) is -0.554. The molecule has 2 fully saturated rings. The number of esters is 1. The number of rotatable bonds is 9. The highest BCUT2D eigenvalue weighted by molar-refractivity contribution is 7.92. The number of Topliss-reactive ketones (excluding diaryl/α,β-unsaturated/α-hetero) is 1. The predicted octanol–water partition coefficient (Wildman–Crippen LogP) is 4.33. The molecule has 11 heteroatoms. The van der Waals surface area contributed by atoms with E-state index in [1.54, 1.807) is 11.6 Å². The second-order valence-corrected chi connectivity index (χ2v) is 15.9. The van der Waals surface area contributed by atoms with Gasteiger partial charge in [-0.15, -0.1) is 0 Å². The van der Waals surface area contributed by atoms with Crippen molar-refractivity contribution >= 4 is 27.5 Å². The quantitative estimate of drug-likeness (QED) is 0.406. The molecule has 2 aliphatic heterocycles. The normalized spacial score (nSPS) is 22.1. The lowest BCUT2D eigenvalue weighted by Crippen LogP contribution is -2.40. The van der Waals surface area contributed by atoms with Crippen molar-refractivity contribution in [2.75, 3.05) is 26.4 Å². The Bertz CT molecular complexity index is 1500. The van der Waals surface area contributed by atoms with Crippen molar-refractivity contribution in [3.05, 3.63) is 46.8 Å². The smallest absolute Gasteiger partial charge is 0.338 e. The summed E-state index contributed by atoms with van der Waals surface area (Å²) in [4.78, 5) is 38.0. The van der Waals surface area contributed by atoms with Crippen LogP contribution in [0.25, 0.3) is 0 Å². The molecule has 5 rings (SSSR count). The Morgan fingerprint density at radius 1 is 1.11 bits per heavy atom. The molecule has 3 heterocycles. The Hall–Kier alpha value is -3.05. The molecule has 1 aliphatic carbocycles. The van der Waals surface area contributed by atoms with Crippen molar-refractivity contribution < 1.29 is 32.3 Å². The number of fused-ring (bicyclic) bond motifs is 1. The summed E-state index contributed by atoms with van der Waals surface area (Å²) >= 11 is 0. The van der Waals surface area contributed by atoms with Gasteiger partial charge in [-0.25, -0.2) is 13.2 Å². The van der Waals surface area contributed by atoms with E-state index in [1.165, 1.54) is 24.3 Å². The van der Waals surface area contributed by atoms with E-state index in [9.17, 15) is 22.8 Å². The molecule has 3 aliphatic rings. The van der Waals surface area contributed by atoms with Crippen LogP contribution in [0.15, 0.2) is 29.2 Å². The number of ketones is 1. The lowest BCUT2D eigenvalue weighted by Gasteiger charge is -2.36. The third-order valence-electron chi connectivity index (χ3n) is 9.72. The molecule has 0 atom stereocenters. The predicted molar refractivity (Wildman–Crippen MR) is 164 cm³/mol. The van der Waals surface area contributed by atoms with Gasteiger partial charge in [0, 0.05) is 49.6 Å². The van der Waals surface area contributed by atoms with E-state index in [1.807, 2.05) is 20.8 Å². The van der Waals surface area contributed by atoms with Crippen LogP contribution < -0.4 is 5.32 Å². The van der Waals surface area contributed by atoms with Gasteiger partial charge in [-0.1, -0.05) is 13.8 Å². The molecule has 240 valence electrons. The fourth-order valence-corrected chi connectivity index (χ4v) is 8.70. The fraction of sp³-hybridized carbons (Fsp3) is 0.636. The average Bonchev–Trinajstić information content (AvgIpc) is 3.27. The maximum Gasteiger partial charge on any atom is 0.338 e. The highest BCUT2D eigenvalue weighted by Gasteiger charge is 2.40. The number of aryl methyl sites for hydroxylation is 1. The highest BCUT2D eigenvalue weighted by atomic mass is 32.2. The number of hydrogen-bond acceptors (Lipinski definition) is 8. The number of sulfone groups is 1. The van der Waals surface area contributed by atoms with E-state index in [4.69, 9.17) is 14.6 Å². The SMILES string of the molecule is CCn1nc(CC(C)(C)COC(=O)c2ccc(S(=O)(=O)C3CCC(C(C)=O)CC3)cc2)c2c1C(=O)NCC1(CCOCC1)C2. The zero-order valence-corrected chi connectivity index (χ0v) is 27.1. The molecule has 1 saturated carbocycles. The van der Waals surface area contributed by atoms with Crippen molar-refractivity contribution in [2.45, 2.75) is 95.8 Å². The van der Waals surface area contributed by atoms with Gasteiger partial charge in [0.25, 0.3) is 5.91 Å². The summed E-state index contributed by atoms with van der Waals surface area (Å²) < 4.78 is 39.5. The summed E-state index contributed by atoms with van der Waals surface area (Å²) in [5.41, 5.74) is 2.22. The summed E-state index contributed by atoms with van der Waals surface area (Å²) in [7, 11) is -3.56. The van der Waals surface area contributed by atoms with Crippen LogP contribution in [0, 0.1) is 16.7 Å². The monoisotopic (exact) mass is 627 g/mol. The van der Waals surface area contributed by atoms with Crippen LogP contribution >= 0.6 is 0 Å². The number of carbonyl (C=O) groups is 3. The van der Waals surface area contributed by atoms with Gasteiger partial charge < -0.3 is 14.8 Å². The number of amides is 1. The molecule has 1 aromatic carbocycles. The van der Waals surface area contributed by atoms with Gasteiger partial charge in [-0.3, -0.25) is 14.3 Å². The molecule has 0 radical (unpaired) electrons. The van der Waals surface area contributed by atoms with Gasteiger partial charge in [0.1, 0.15) is 11.5 Å². The second-order valence-electron chi connectivity index (χ2n) is 13.6. The van der Waals surface area contributed by atoms with Gasteiger partial charge in [-0.05, 0) is 88.5 Å². The zero-order valence-electron chi connectivity index (χ0n) is 26.3. The van der Waals surface area contributed by atoms with E-state index in [0.29, 0.717) is 64.1 Å². The number of nitrogens with zero attached hydrogens (tertiary/aromatic N) is 2. The van der Waals surface area contributed by atoms with Crippen molar-refractivity contribution in [2.24, 2.45) is 16.7 Å². The summed E-state index contributed by atoms with van der Waals surface area (Å²) in [6.07, 6.45) is 5.14. The van der Waals surface area contributed by atoms with Crippen LogP contribution in [0.5, 0.6) is 0 Å². The van der Waals surface area contributed by atoms with Crippen LogP contribution in [-0.2, 0) is 43.5 Å². The first-order valence-electron chi connectivity index (χ1n) is 15.8. The Kier molecular flexibility index (Phi) is 9.37. The Labute approximate surface area is 260 Å². The molecular weight excluding hydrogens is 582 g/mol. The standard InChI is InChI=1S/C33H45N3O7S/c1-5-36-29-27(18-33(20-34-30(29)38)14-16-42-17-15-33)28(35-36)19-32(3,4)21-43-31(39)24-8-12-26(13-9-24)44(40,41)25-10-6-23(7-11-25)22(2)37/h8-9,12-13,23,25H,5-7,10-11,14-21H2,1-4H3,(H,34,38). The molecule has 2 aromatic rings. The number of benzene rings is 1. The molecule has 1 amide bonds. The molecule has 0 bridgehead atoms. The minimum atomic E-state index is -3.56. The van der Waals surface area contributed by atoms with E-state index >= 15 is 0 Å². The van der Waals surface area contributed by atoms with Crippen LogP contribution in [-0.4, -0.2) is 67.5 Å². The lowest BCUT2D eigenvalue weighted by molar-refractivity contribution is -0.121. The molecule has 1 spiro atoms. The number of hydrogen-bond donors (Lipinski definition) is 1. The molecule has 44 heavy (non-hydrogen) atoms. The minimum absolute atomic E-state index is 0.0526. The topological polar surface area (TPSA) is 134 Å². The number of ether oxygens (including phenoxy) is 2. The number of carbonyl (C=O) groups excluding carboxylic acids is 3. The summed E-state index contributed by atoms with van der Waals surface area (Å²) in [6, 6.07) is 5.94. The third kappa shape index (κ3) is 6.78. The molecule has 1 saturated heterocycles.